The highest BCUT2D eigenvalue weighted by Gasteiger charge is 2.24. The second-order valence-corrected chi connectivity index (χ2v) is 11.6. The largest absolute Gasteiger partial charge is 0.454 e. The zero-order valence-electron chi connectivity index (χ0n) is 22.2. The first-order valence-corrected chi connectivity index (χ1v) is 14.8. The molecule has 2 atom stereocenters. The number of ether oxygens (including phenoxy) is 1. The molecule has 8 heteroatoms. The van der Waals surface area contributed by atoms with Crippen molar-refractivity contribution in [3.63, 3.8) is 0 Å². The van der Waals surface area contributed by atoms with E-state index in [2.05, 4.69) is 26.1 Å². The van der Waals surface area contributed by atoms with E-state index in [1.165, 1.54) is 0 Å². The van der Waals surface area contributed by atoms with Gasteiger partial charge in [0, 0.05) is 12.6 Å². The molecular weight excluding hydrogens is 472 g/mol. The van der Waals surface area contributed by atoms with Gasteiger partial charge in [0.1, 0.15) is 10.6 Å². The van der Waals surface area contributed by atoms with Gasteiger partial charge in [-0.1, -0.05) is 58.2 Å². The number of hydrogen-bond acceptors (Lipinski definition) is 6. The molecule has 7 nitrogen and oxygen atoms in total. The molecule has 0 spiro atoms. The summed E-state index contributed by atoms with van der Waals surface area (Å²) in [5.41, 5.74) is 13.9. The highest BCUT2D eigenvalue weighted by Crippen LogP contribution is 2.38. The number of sulfonamides is 1. The van der Waals surface area contributed by atoms with Crippen molar-refractivity contribution in [2.45, 2.75) is 83.1 Å². The summed E-state index contributed by atoms with van der Waals surface area (Å²) in [5.74, 6) is 1.50. The van der Waals surface area contributed by atoms with Crippen LogP contribution >= 0.6 is 0 Å². The Morgan fingerprint density at radius 1 is 1.00 bits per heavy atom. The molecule has 0 amide bonds. The van der Waals surface area contributed by atoms with E-state index in [1.54, 1.807) is 18.2 Å². The first-order chi connectivity index (χ1) is 17.2. The van der Waals surface area contributed by atoms with Crippen molar-refractivity contribution in [3.05, 3.63) is 48.0 Å². The molecule has 0 bridgehead atoms. The summed E-state index contributed by atoms with van der Waals surface area (Å²) in [4.78, 5) is -0.0151. The van der Waals surface area contributed by atoms with E-state index in [-0.39, 0.29) is 22.6 Å². The highest BCUT2D eigenvalue weighted by molar-refractivity contribution is 7.89. The summed E-state index contributed by atoms with van der Waals surface area (Å²) < 4.78 is 31.6. The monoisotopic (exact) mass is 518 g/mol. The quantitative estimate of drug-likeness (QED) is 0.208. The molecular formula is C28H46N4O3S. The van der Waals surface area contributed by atoms with Crippen LogP contribution in [-0.2, 0) is 16.4 Å². The third-order valence-corrected chi connectivity index (χ3v) is 7.36. The van der Waals surface area contributed by atoms with Gasteiger partial charge in [0.15, 0.2) is 5.75 Å². The minimum Gasteiger partial charge on any atom is -0.454 e. The average molecular weight is 519 g/mol. The maximum atomic E-state index is 12.7. The first kappa shape index (κ1) is 30.1. The number of primary sulfonamides is 1. The minimum absolute atomic E-state index is 0.0151. The van der Waals surface area contributed by atoms with Gasteiger partial charge < -0.3 is 21.5 Å². The van der Waals surface area contributed by atoms with Crippen molar-refractivity contribution >= 4 is 15.7 Å². The van der Waals surface area contributed by atoms with E-state index in [0.29, 0.717) is 36.9 Å². The highest BCUT2D eigenvalue weighted by atomic mass is 32.2. The van der Waals surface area contributed by atoms with Crippen molar-refractivity contribution in [1.82, 2.24) is 0 Å². The van der Waals surface area contributed by atoms with Gasteiger partial charge in [-0.3, -0.25) is 0 Å². The van der Waals surface area contributed by atoms with E-state index < -0.39 is 10.0 Å². The molecule has 202 valence electrons. The molecule has 0 heterocycles. The summed E-state index contributed by atoms with van der Waals surface area (Å²) in [6, 6.07) is 12.8. The number of benzene rings is 2. The Bertz CT molecular complexity index is 1010. The number of nitrogens with one attached hydrogen (secondary N) is 1. The molecule has 0 fully saturated rings. The van der Waals surface area contributed by atoms with Crippen LogP contribution in [0.1, 0.15) is 71.3 Å². The molecule has 0 aliphatic carbocycles. The van der Waals surface area contributed by atoms with Gasteiger partial charge >= 0.3 is 0 Å². The zero-order valence-corrected chi connectivity index (χ0v) is 23.0. The van der Waals surface area contributed by atoms with Crippen molar-refractivity contribution in [3.8, 4) is 11.5 Å². The number of nitrogens with two attached hydrogens (primary N) is 3. The lowest BCUT2D eigenvalue weighted by atomic mass is 9.85. The van der Waals surface area contributed by atoms with Gasteiger partial charge in [-0.05, 0) is 80.3 Å². The summed E-state index contributed by atoms with van der Waals surface area (Å²) >= 11 is 0. The summed E-state index contributed by atoms with van der Waals surface area (Å²) in [6.07, 6.45) is 7.61. The number of unbranched alkanes of at least 4 members (excludes halogenated alkanes) is 2. The van der Waals surface area contributed by atoms with E-state index >= 15 is 0 Å². The Kier molecular flexibility index (Phi) is 12.7. The number of para-hydroxylation sites is 1. The average Bonchev–Trinajstić information content (AvgIpc) is 2.83. The van der Waals surface area contributed by atoms with Crippen LogP contribution in [0.15, 0.2) is 47.4 Å². The molecule has 36 heavy (non-hydrogen) atoms. The third kappa shape index (κ3) is 10.1. The Morgan fingerprint density at radius 3 is 2.33 bits per heavy atom. The van der Waals surface area contributed by atoms with E-state index in [0.717, 1.165) is 50.5 Å². The smallest absolute Gasteiger partial charge is 0.241 e. The van der Waals surface area contributed by atoms with E-state index in [9.17, 15) is 8.42 Å². The fourth-order valence-corrected chi connectivity index (χ4v) is 5.05. The molecule has 0 aliphatic rings. The van der Waals surface area contributed by atoms with Crippen LogP contribution in [0, 0.1) is 11.8 Å². The van der Waals surface area contributed by atoms with Crippen molar-refractivity contribution in [1.29, 1.82) is 0 Å². The zero-order chi connectivity index (χ0) is 26.6. The predicted octanol–water partition coefficient (Wildman–Crippen LogP) is 5.39. The second-order valence-electron chi connectivity index (χ2n) is 10.1. The first-order valence-electron chi connectivity index (χ1n) is 13.3. The topological polar surface area (TPSA) is 133 Å². The van der Waals surface area contributed by atoms with Crippen LogP contribution in [0.5, 0.6) is 11.5 Å². The third-order valence-electron chi connectivity index (χ3n) is 6.44. The maximum absolute atomic E-state index is 12.7. The Balaban J connectivity index is 2.49. The lowest BCUT2D eigenvalue weighted by Gasteiger charge is -2.25. The maximum Gasteiger partial charge on any atom is 0.241 e. The van der Waals surface area contributed by atoms with Crippen LogP contribution in [0.4, 0.5) is 5.69 Å². The lowest BCUT2D eigenvalue weighted by molar-refractivity contribution is 0.355. The van der Waals surface area contributed by atoms with Gasteiger partial charge in [0.05, 0.1) is 5.69 Å². The van der Waals surface area contributed by atoms with Crippen LogP contribution < -0.4 is 26.7 Å². The molecule has 2 aromatic rings. The van der Waals surface area contributed by atoms with E-state index in [1.807, 2.05) is 24.3 Å². The second kappa shape index (κ2) is 15.2. The molecule has 2 unspecified atom stereocenters. The predicted molar refractivity (Wildman–Crippen MR) is 150 cm³/mol. The minimum atomic E-state index is -4.04. The van der Waals surface area contributed by atoms with Gasteiger partial charge in [0.2, 0.25) is 10.0 Å². The van der Waals surface area contributed by atoms with Crippen molar-refractivity contribution in [2.24, 2.45) is 28.4 Å². The molecule has 0 saturated carbocycles. The summed E-state index contributed by atoms with van der Waals surface area (Å²) in [5, 5.41) is 9.12. The van der Waals surface area contributed by atoms with Crippen LogP contribution in [-0.4, -0.2) is 27.5 Å². The summed E-state index contributed by atoms with van der Waals surface area (Å²) in [6.45, 7) is 7.81. The Morgan fingerprint density at radius 2 is 1.72 bits per heavy atom. The molecule has 0 aliphatic heterocycles. The standard InChI is InChI=1S/C28H46N4O3S/c1-4-5-14-25(30)23(11-9-10-16-29)18-22-19-26(32-17-15-21(2)3)28(27(20-22)36(31,33)34)35-24-12-7-6-8-13-24/h6-8,12-13,19-21,23,25,32H,4-5,9-11,14-18,29-30H2,1-3H3,(H2,31,33,34). The van der Waals surface area contributed by atoms with Gasteiger partial charge in [-0.25, -0.2) is 13.6 Å². The van der Waals surface area contributed by atoms with Gasteiger partial charge in [-0.2, -0.15) is 0 Å². The normalized spacial score (nSPS) is 13.5. The molecule has 2 aromatic carbocycles. The fourth-order valence-electron chi connectivity index (χ4n) is 4.32. The van der Waals surface area contributed by atoms with Crippen LogP contribution in [0.2, 0.25) is 0 Å². The number of anilines is 1. The SMILES string of the molecule is CCCCC(N)C(CCCCN)Cc1cc(NCCC(C)C)c(Oc2ccccc2)c(S(N)(=O)=O)c1. The molecule has 2 rings (SSSR count). The Labute approximate surface area is 218 Å². The Hall–Kier alpha value is -2.13. The van der Waals surface area contributed by atoms with E-state index in [4.69, 9.17) is 21.3 Å². The van der Waals surface area contributed by atoms with Crippen LogP contribution in [0.25, 0.3) is 0 Å². The molecule has 0 radical (unpaired) electrons. The van der Waals surface area contributed by atoms with Crippen LogP contribution in [0.3, 0.4) is 0 Å². The summed E-state index contributed by atoms with van der Waals surface area (Å²) in [7, 11) is -4.04. The van der Waals surface area contributed by atoms with Gasteiger partial charge in [-0.15, -0.1) is 0 Å². The van der Waals surface area contributed by atoms with Gasteiger partial charge in [0.25, 0.3) is 0 Å². The number of rotatable bonds is 17. The van der Waals surface area contributed by atoms with Crippen molar-refractivity contribution < 1.29 is 13.2 Å². The fraction of sp³-hybridized carbons (Fsp3) is 0.571. The lowest BCUT2D eigenvalue weighted by Crippen LogP contribution is -2.32. The van der Waals surface area contributed by atoms with Crippen molar-refractivity contribution in [2.75, 3.05) is 18.4 Å². The molecule has 7 N–H and O–H groups in total. The molecule has 0 aromatic heterocycles. The number of hydrogen-bond donors (Lipinski definition) is 4. The molecule has 0 saturated heterocycles.